The first-order valence-electron chi connectivity index (χ1n) is 4.75. The molecular formula is C10H16N2O2. The van der Waals surface area contributed by atoms with E-state index in [-0.39, 0.29) is 6.42 Å². The van der Waals surface area contributed by atoms with Crippen LogP contribution in [0.15, 0.2) is 0 Å². The number of carboxylic acids is 1. The first-order chi connectivity index (χ1) is 6.49. The van der Waals surface area contributed by atoms with Crippen LogP contribution in [0.5, 0.6) is 0 Å². The maximum absolute atomic E-state index is 10.5. The molecule has 0 aliphatic rings. The maximum atomic E-state index is 10.5. The second-order valence-corrected chi connectivity index (χ2v) is 3.92. The minimum atomic E-state index is -0.852. The van der Waals surface area contributed by atoms with Crippen molar-refractivity contribution in [1.82, 2.24) is 9.97 Å². The van der Waals surface area contributed by atoms with Crippen molar-refractivity contribution in [3.8, 4) is 0 Å². The number of rotatable bonds is 4. The Balaban J connectivity index is 2.76. The van der Waals surface area contributed by atoms with Crippen molar-refractivity contribution in [2.24, 2.45) is 5.92 Å². The van der Waals surface area contributed by atoms with E-state index in [1.807, 2.05) is 6.92 Å². The summed E-state index contributed by atoms with van der Waals surface area (Å²) in [5.74, 6) is 0.232. The maximum Gasteiger partial charge on any atom is 0.311 e. The van der Waals surface area contributed by atoms with Gasteiger partial charge in [-0.1, -0.05) is 13.8 Å². The molecule has 0 aliphatic heterocycles. The van der Waals surface area contributed by atoms with Gasteiger partial charge < -0.3 is 10.1 Å². The molecule has 0 saturated carbocycles. The van der Waals surface area contributed by atoms with Crippen LogP contribution in [0.3, 0.4) is 0 Å². The summed E-state index contributed by atoms with van der Waals surface area (Å²) in [6.45, 7) is 6.16. The lowest BCUT2D eigenvalue weighted by atomic mass is 10.1. The average molecular weight is 196 g/mol. The molecule has 0 bridgehead atoms. The number of carboxylic acid groups (broad SMARTS) is 1. The number of aromatic amines is 1. The predicted octanol–water partition coefficient (Wildman–Crippen LogP) is 1.54. The highest BCUT2D eigenvalue weighted by atomic mass is 16.4. The Morgan fingerprint density at radius 3 is 2.71 bits per heavy atom. The molecule has 4 heteroatoms. The summed E-state index contributed by atoms with van der Waals surface area (Å²) in [6.07, 6.45) is 0.862. The van der Waals surface area contributed by atoms with Crippen molar-refractivity contribution in [3.05, 3.63) is 17.2 Å². The Kier molecular flexibility index (Phi) is 3.28. The van der Waals surface area contributed by atoms with Gasteiger partial charge >= 0.3 is 5.97 Å². The summed E-state index contributed by atoms with van der Waals surface area (Å²) in [6, 6.07) is 0. The van der Waals surface area contributed by atoms with Crippen molar-refractivity contribution in [3.63, 3.8) is 0 Å². The molecule has 14 heavy (non-hydrogen) atoms. The van der Waals surface area contributed by atoms with Gasteiger partial charge in [0.15, 0.2) is 0 Å². The van der Waals surface area contributed by atoms with E-state index < -0.39 is 5.97 Å². The SMILES string of the molecule is Cc1[nH]c(CC(=O)O)nc1CC(C)C. The molecule has 0 aromatic carbocycles. The summed E-state index contributed by atoms with van der Waals surface area (Å²) in [7, 11) is 0. The molecule has 0 unspecified atom stereocenters. The van der Waals surface area contributed by atoms with E-state index in [1.54, 1.807) is 0 Å². The van der Waals surface area contributed by atoms with Crippen molar-refractivity contribution in [2.45, 2.75) is 33.6 Å². The molecule has 4 nitrogen and oxygen atoms in total. The molecule has 0 radical (unpaired) electrons. The monoisotopic (exact) mass is 196 g/mol. The molecular weight excluding hydrogens is 180 g/mol. The van der Waals surface area contributed by atoms with Gasteiger partial charge in [-0.3, -0.25) is 4.79 Å². The minimum Gasteiger partial charge on any atom is -0.481 e. The fourth-order valence-corrected chi connectivity index (χ4v) is 1.38. The fourth-order valence-electron chi connectivity index (χ4n) is 1.38. The van der Waals surface area contributed by atoms with Crippen molar-refractivity contribution in [2.75, 3.05) is 0 Å². The van der Waals surface area contributed by atoms with Gasteiger partial charge in [0.1, 0.15) is 12.2 Å². The fraction of sp³-hybridized carbons (Fsp3) is 0.600. The van der Waals surface area contributed by atoms with E-state index >= 15 is 0 Å². The van der Waals surface area contributed by atoms with E-state index in [2.05, 4.69) is 23.8 Å². The van der Waals surface area contributed by atoms with Gasteiger partial charge in [0, 0.05) is 5.69 Å². The number of hydrogen-bond donors (Lipinski definition) is 2. The number of hydrogen-bond acceptors (Lipinski definition) is 2. The molecule has 1 aromatic rings. The molecule has 0 fully saturated rings. The molecule has 0 aliphatic carbocycles. The molecule has 0 amide bonds. The van der Waals surface area contributed by atoms with E-state index in [0.717, 1.165) is 17.8 Å². The Bertz CT molecular complexity index is 329. The number of aryl methyl sites for hydroxylation is 1. The van der Waals surface area contributed by atoms with Crippen LogP contribution in [0.25, 0.3) is 0 Å². The van der Waals surface area contributed by atoms with Gasteiger partial charge in [-0.25, -0.2) is 4.98 Å². The number of aliphatic carboxylic acids is 1. The molecule has 0 atom stereocenters. The molecule has 78 valence electrons. The van der Waals surface area contributed by atoms with E-state index in [1.165, 1.54) is 0 Å². The number of nitrogens with one attached hydrogen (secondary N) is 1. The zero-order valence-electron chi connectivity index (χ0n) is 8.79. The van der Waals surface area contributed by atoms with Gasteiger partial charge in [0.25, 0.3) is 0 Å². The summed E-state index contributed by atoms with van der Waals surface area (Å²) < 4.78 is 0. The lowest BCUT2D eigenvalue weighted by molar-refractivity contribution is -0.136. The van der Waals surface area contributed by atoms with Crippen LogP contribution in [0, 0.1) is 12.8 Å². The average Bonchev–Trinajstić information content (AvgIpc) is 2.28. The standard InChI is InChI=1S/C10H16N2O2/c1-6(2)4-8-7(3)11-9(12-8)5-10(13)14/h6H,4-5H2,1-3H3,(H,11,12)(H,13,14). The smallest absolute Gasteiger partial charge is 0.311 e. The van der Waals surface area contributed by atoms with Gasteiger partial charge in [0.2, 0.25) is 0 Å². The molecule has 0 spiro atoms. The second kappa shape index (κ2) is 4.26. The van der Waals surface area contributed by atoms with Gasteiger partial charge in [-0.2, -0.15) is 0 Å². The Morgan fingerprint density at radius 2 is 2.21 bits per heavy atom. The highest BCUT2D eigenvalue weighted by Gasteiger charge is 2.10. The van der Waals surface area contributed by atoms with Gasteiger partial charge in [0.05, 0.1) is 5.69 Å². The van der Waals surface area contributed by atoms with Gasteiger partial charge in [-0.15, -0.1) is 0 Å². The summed E-state index contributed by atoms with van der Waals surface area (Å²) in [5.41, 5.74) is 1.96. The number of aromatic nitrogens is 2. The highest BCUT2D eigenvalue weighted by molar-refractivity contribution is 5.69. The van der Waals surface area contributed by atoms with Crippen LogP contribution in [0.4, 0.5) is 0 Å². The Morgan fingerprint density at radius 1 is 1.57 bits per heavy atom. The number of imidazole rings is 1. The summed E-state index contributed by atoms with van der Waals surface area (Å²) in [5, 5.41) is 8.59. The third-order valence-corrected chi connectivity index (χ3v) is 1.95. The predicted molar refractivity (Wildman–Crippen MR) is 53.2 cm³/mol. The zero-order valence-corrected chi connectivity index (χ0v) is 8.79. The lowest BCUT2D eigenvalue weighted by Crippen LogP contribution is -2.02. The van der Waals surface area contributed by atoms with Crippen LogP contribution in [-0.4, -0.2) is 21.0 Å². The topological polar surface area (TPSA) is 66.0 Å². The van der Waals surface area contributed by atoms with Crippen molar-refractivity contribution in [1.29, 1.82) is 0 Å². The van der Waals surface area contributed by atoms with Gasteiger partial charge in [-0.05, 0) is 19.3 Å². The van der Waals surface area contributed by atoms with Crippen LogP contribution in [0.1, 0.15) is 31.1 Å². The quantitative estimate of drug-likeness (QED) is 0.767. The first-order valence-corrected chi connectivity index (χ1v) is 4.75. The third-order valence-electron chi connectivity index (χ3n) is 1.95. The van der Waals surface area contributed by atoms with Crippen molar-refractivity contribution >= 4 is 5.97 Å². The van der Waals surface area contributed by atoms with E-state index in [4.69, 9.17) is 5.11 Å². The minimum absolute atomic E-state index is 0.0288. The molecule has 1 aromatic heterocycles. The number of carbonyl (C=O) groups is 1. The largest absolute Gasteiger partial charge is 0.481 e. The third kappa shape index (κ3) is 2.87. The lowest BCUT2D eigenvalue weighted by Gasteiger charge is -2.00. The summed E-state index contributed by atoms with van der Waals surface area (Å²) in [4.78, 5) is 17.7. The summed E-state index contributed by atoms with van der Waals surface area (Å²) >= 11 is 0. The Labute approximate surface area is 83.4 Å². The molecule has 1 rings (SSSR count). The van der Waals surface area contributed by atoms with Crippen molar-refractivity contribution < 1.29 is 9.90 Å². The number of nitrogens with zero attached hydrogens (tertiary/aromatic N) is 1. The number of H-pyrrole nitrogens is 1. The Hall–Kier alpha value is -1.32. The van der Waals surface area contributed by atoms with E-state index in [0.29, 0.717) is 11.7 Å². The van der Waals surface area contributed by atoms with Crippen LogP contribution < -0.4 is 0 Å². The van der Waals surface area contributed by atoms with E-state index in [9.17, 15) is 4.79 Å². The second-order valence-electron chi connectivity index (χ2n) is 3.92. The highest BCUT2D eigenvalue weighted by Crippen LogP contribution is 2.10. The normalized spacial score (nSPS) is 10.9. The zero-order chi connectivity index (χ0) is 10.7. The molecule has 1 heterocycles. The molecule has 2 N–H and O–H groups in total. The van der Waals surface area contributed by atoms with Crippen LogP contribution in [0.2, 0.25) is 0 Å². The first kappa shape index (κ1) is 10.8. The van der Waals surface area contributed by atoms with Crippen LogP contribution in [-0.2, 0) is 17.6 Å². The van der Waals surface area contributed by atoms with Crippen LogP contribution >= 0.6 is 0 Å². The molecule has 0 saturated heterocycles.